The molecule has 5 heteroatoms. The van der Waals surface area contributed by atoms with E-state index in [1.54, 1.807) is 0 Å². The van der Waals surface area contributed by atoms with Crippen LogP contribution in [0.1, 0.15) is 20.3 Å². The predicted molar refractivity (Wildman–Crippen MR) is 51.4 cm³/mol. The van der Waals surface area contributed by atoms with Gasteiger partial charge in [0.2, 0.25) is 11.8 Å². The Kier molecular flexibility index (Phi) is 3.06. The fraction of sp³-hybridized carbons (Fsp3) is 0.714. The van der Waals surface area contributed by atoms with Crippen LogP contribution >= 0.6 is 22.6 Å². The highest BCUT2D eigenvalue weighted by molar-refractivity contribution is 8.67. The Balaban J connectivity index is 2.75. The lowest BCUT2D eigenvalue weighted by Crippen LogP contribution is -2.24. The number of amides is 2. The van der Waals surface area contributed by atoms with E-state index in [1.165, 1.54) is 0 Å². The highest BCUT2D eigenvalue weighted by atomic mass is 33.1. The summed E-state index contributed by atoms with van der Waals surface area (Å²) in [5.74, 6) is -0.141. The van der Waals surface area contributed by atoms with Crippen molar-refractivity contribution in [3.05, 3.63) is 0 Å². The summed E-state index contributed by atoms with van der Waals surface area (Å²) in [7, 11) is 0.898. The molecule has 0 aromatic heterocycles. The maximum Gasteiger partial charge on any atom is 0.243 e. The SMILES string of the molecule is CC(C)C1CC(=O)N(SS)C1=O. The maximum atomic E-state index is 11.4. The summed E-state index contributed by atoms with van der Waals surface area (Å²) in [5, 5.41) is 0. The number of nitrogens with zero attached hydrogens (tertiary/aromatic N) is 1. The molecule has 68 valence electrons. The minimum absolute atomic E-state index is 0.102. The molecule has 0 aliphatic carbocycles. The molecule has 1 atom stereocenters. The van der Waals surface area contributed by atoms with Crippen molar-refractivity contribution in [3.63, 3.8) is 0 Å². The van der Waals surface area contributed by atoms with Crippen molar-refractivity contribution in [1.82, 2.24) is 4.31 Å². The van der Waals surface area contributed by atoms with Gasteiger partial charge in [0.15, 0.2) is 0 Å². The fourth-order valence-electron chi connectivity index (χ4n) is 1.24. The van der Waals surface area contributed by atoms with E-state index in [0.29, 0.717) is 6.42 Å². The van der Waals surface area contributed by atoms with Crippen LogP contribution in [0.2, 0.25) is 0 Å². The average molecular weight is 205 g/mol. The molecule has 1 heterocycles. The van der Waals surface area contributed by atoms with Crippen molar-refractivity contribution in [2.24, 2.45) is 11.8 Å². The Morgan fingerprint density at radius 3 is 2.42 bits per heavy atom. The molecular weight excluding hydrogens is 194 g/mol. The van der Waals surface area contributed by atoms with Gasteiger partial charge >= 0.3 is 0 Å². The quantitative estimate of drug-likeness (QED) is 0.321. The lowest BCUT2D eigenvalue weighted by atomic mass is 9.95. The highest BCUT2D eigenvalue weighted by Gasteiger charge is 2.40. The van der Waals surface area contributed by atoms with Gasteiger partial charge in [-0.1, -0.05) is 25.5 Å². The minimum Gasteiger partial charge on any atom is -0.273 e. The Morgan fingerprint density at radius 2 is 2.17 bits per heavy atom. The second-order valence-corrected chi connectivity index (χ2v) is 4.18. The monoisotopic (exact) mass is 205 g/mol. The molecule has 0 saturated carbocycles. The van der Waals surface area contributed by atoms with Gasteiger partial charge in [0, 0.05) is 17.4 Å². The summed E-state index contributed by atoms with van der Waals surface area (Å²) in [5.41, 5.74) is 0. The van der Waals surface area contributed by atoms with Gasteiger partial charge in [0.05, 0.1) is 5.92 Å². The van der Waals surface area contributed by atoms with Crippen LogP contribution in [0.4, 0.5) is 0 Å². The number of rotatable bonds is 2. The standard InChI is InChI=1S/C7H11NO2S2/c1-4(2)5-3-6(9)8(12-11)7(5)10/h4-5,11H,3H2,1-2H3. The Morgan fingerprint density at radius 1 is 1.58 bits per heavy atom. The van der Waals surface area contributed by atoms with Crippen LogP contribution in [0.5, 0.6) is 0 Å². The van der Waals surface area contributed by atoms with Crippen molar-refractivity contribution in [1.29, 1.82) is 0 Å². The molecule has 1 fully saturated rings. The first-order chi connectivity index (χ1) is 5.57. The number of hydrogen-bond acceptors (Lipinski definition) is 4. The van der Waals surface area contributed by atoms with E-state index in [4.69, 9.17) is 0 Å². The molecule has 0 N–H and O–H groups in total. The minimum atomic E-state index is -0.142. The van der Waals surface area contributed by atoms with Crippen LogP contribution in [0, 0.1) is 11.8 Å². The van der Waals surface area contributed by atoms with Crippen molar-refractivity contribution in [3.8, 4) is 0 Å². The summed E-state index contributed by atoms with van der Waals surface area (Å²) in [6.07, 6.45) is 0.337. The molecular formula is C7H11NO2S2. The van der Waals surface area contributed by atoms with Crippen molar-refractivity contribution < 1.29 is 9.59 Å². The second-order valence-electron chi connectivity index (χ2n) is 3.16. The smallest absolute Gasteiger partial charge is 0.243 e. The van der Waals surface area contributed by atoms with Crippen LogP contribution in [0.15, 0.2) is 0 Å². The molecule has 0 spiro atoms. The van der Waals surface area contributed by atoms with Crippen molar-refractivity contribution in [2.45, 2.75) is 20.3 Å². The molecule has 0 aromatic rings. The average Bonchev–Trinajstić information content (AvgIpc) is 2.27. The highest BCUT2D eigenvalue weighted by Crippen LogP contribution is 2.31. The van der Waals surface area contributed by atoms with E-state index >= 15 is 0 Å². The Hall–Kier alpha value is -0.160. The van der Waals surface area contributed by atoms with E-state index in [1.807, 2.05) is 13.8 Å². The van der Waals surface area contributed by atoms with Gasteiger partial charge in [-0.05, 0) is 5.92 Å². The van der Waals surface area contributed by atoms with Gasteiger partial charge in [0.25, 0.3) is 0 Å². The van der Waals surface area contributed by atoms with Gasteiger partial charge in [0.1, 0.15) is 0 Å². The number of carbonyl (C=O) groups is 2. The van der Waals surface area contributed by atoms with Crippen LogP contribution in [-0.4, -0.2) is 16.1 Å². The van der Waals surface area contributed by atoms with Crippen molar-refractivity contribution >= 4 is 34.5 Å². The molecule has 0 aromatic carbocycles. The molecule has 1 aliphatic rings. The lowest BCUT2D eigenvalue weighted by Gasteiger charge is -2.11. The number of hydrogen-bond donors (Lipinski definition) is 1. The number of imide groups is 1. The maximum absolute atomic E-state index is 11.4. The van der Waals surface area contributed by atoms with Crippen LogP contribution in [0.25, 0.3) is 0 Å². The van der Waals surface area contributed by atoms with Crippen LogP contribution in [-0.2, 0) is 9.59 Å². The molecule has 1 aliphatic heterocycles. The fourth-order valence-corrected chi connectivity index (χ4v) is 2.13. The first-order valence-electron chi connectivity index (χ1n) is 3.76. The molecule has 0 bridgehead atoms. The van der Waals surface area contributed by atoms with Gasteiger partial charge in [-0.25, -0.2) is 4.31 Å². The third kappa shape index (κ3) is 1.61. The lowest BCUT2D eigenvalue weighted by molar-refractivity contribution is -0.133. The first-order valence-corrected chi connectivity index (χ1v) is 5.58. The normalized spacial score (nSPS) is 24.3. The van der Waals surface area contributed by atoms with Gasteiger partial charge in [-0.2, -0.15) is 0 Å². The largest absolute Gasteiger partial charge is 0.273 e. The number of carbonyl (C=O) groups excluding carboxylic acids is 2. The van der Waals surface area contributed by atoms with Crippen LogP contribution in [0.3, 0.4) is 0 Å². The summed E-state index contributed by atoms with van der Waals surface area (Å²) in [6, 6.07) is 0. The zero-order valence-electron chi connectivity index (χ0n) is 6.98. The zero-order valence-corrected chi connectivity index (χ0v) is 8.69. The number of thiol groups is 1. The summed E-state index contributed by atoms with van der Waals surface area (Å²) in [4.78, 5) is 22.6. The molecule has 12 heavy (non-hydrogen) atoms. The second kappa shape index (κ2) is 3.70. The molecule has 1 saturated heterocycles. The zero-order chi connectivity index (χ0) is 9.30. The van der Waals surface area contributed by atoms with E-state index < -0.39 is 0 Å². The molecule has 0 radical (unpaired) electrons. The van der Waals surface area contributed by atoms with Gasteiger partial charge in [-0.15, -0.1) is 0 Å². The van der Waals surface area contributed by atoms with Crippen molar-refractivity contribution in [2.75, 3.05) is 0 Å². The first kappa shape index (κ1) is 9.92. The van der Waals surface area contributed by atoms with Gasteiger partial charge in [-0.3, -0.25) is 9.59 Å². The molecule has 3 nitrogen and oxygen atoms in total. The van der Waals surface area contributed by atoms with E-state index in [0.717, 1.165) is 15.3 Å². The third-order valence-electron chi connectivity index (χ3n) is 2.02. The molecule has 1 rings (SSSR count). The van der Waals surface area contributed by atoms with E-state index in [2.05, 4.69) is 11.7 Å². The predicted octanol–water partition coefficient (Wildman–Crippen LogP) is 1.51. The van der Waals surface area contributed by atoms with Crippen LogP contribution < -0.4 is 0 Å². The topological polar surface area (TPSA) is 37.4 Å². The van der Waals surface area contributed by atoms with E-state index in [9.17, 15) is 9.59 Å². The van der Waals surface area contributed by atoms with E-state index in [-0.39, 0.29) is 23.7 Å². The summed E-state index contributed by atoms with van der Waals surface area (Å²) < 4.78 is 1.13. The Labute approximate surface area is 80.8 Å². The third-order valence-corrected chi connectivity index (χ3v) is 3.06. The molecule has 2 amide bonds. The summed E-state index contributed by atoms with van der Waals surface area (Å²) in [6.45, 7) is 3.89. The summed E-state index contributed by atoms with van der Waals surface area (Å²) >= 11 is 3.84. The Bertz CT molecular complexity index is 217. The van der Waals surface area contributed by atoms with Gasteiger partial charge < -0.3 is 0 Å². The molecule has 1 unspecified atom stereocenters.